The van der Waals surface area contributed by atoms with Crippen LogP contribution in [0.3, 0.4) is 0 Å². The molecule has 2 aromatic rings. The lowest BCUT2D eigenvalue weighted by Gasteiger charge is -2.42. The number of Topliss-reactive ketones (excluding diaryl/α,β-unsaturated/α-hetero) is 1. The molecule has 1 unspecified atom stereocenters. The first kappa shape index (κ1) is 25.3. The van der Waals surface area contributed by atoms with Crippen molar-refractivity contribution in [3.8, 4) is 17.2 Å². The Hall–Kier alpha value is -3.35. The van der Waals surface area contributed by atoms with Crippen molar-refractivity contribution in [3.63, 3.8) is 0 Å². The van der Waals surface area contributed by atoms with E-state index in [0.717, 1.165) is 6.92 Å². The van der Waals surface area contributed by atoms with Gasteiger partial charge in [-0.15, -0.1) is 0 Å². The molecule has 5 rings (SSSR count). The highest BCUT2D eigenvalue weighted by atomic mass is 16.7. The van der Waals surface area contributed by atoms with Crippen molar-refractivity contribution in [1.29, 1.82) is 0 Å². The molecule has 0 radical (unpaired) electrons. The minimum absolute atomic E-state index is 0.0478. The molecule has 37 heavy (non-hydrogen) atoms. The SMILES string of the molecule is CC(=O)[C@]1(O)Cc2c(O)c3c(c(O)c2[C@@H](OC2C[C@H](N)[C@@H](O)[C@H](C)O2)C1)C(=O)c1c(O)cccc1C3=O. The van der Waals surface area contributed by atoms with Crippen LogP contribution in [0.1, 0.15) is 75.8 Å². The molecule has 0 bridgehead atoms. The number of fused-ring (bicyclic) bond motifs is 3. The fourth-order valence-electron chi connectivity index (χ4n) is 5.50. The first-order valence-electron chi connectivity index (χ1n) is 11.9. The number of rotatable bonds is 3. The number of aromatic hydroxyl groups is 3. The van der Waals surface area contributed by atoms with Crippen molar-refractivity contribution >= 4 is 17.3 Å². The Morgan fingerprint density at radius 3 is 2.43 bits per heavy atom. The number of nitrogens with two attached hydrogens (primary N) is 1. The fourth-order valence-corrected chi connectivity index (χ4v) is 5.50. The molecule has 2 aliphatic carbocycles. The molecule has 3 aliphatic rings. The molecule has 1 fully saturated rings. The molecule has 1 heterocycles. The zero-order chi connectivity index (χ0) is 27.0. The molecule has 0 saturated carbocycles. The molecule has 0 aromatic heterocycles. The molecular weight excluding hydrogens is 486 g/mol. The smallest absolute Gasteiger partial charge is 0.202 e. The van der Waals surface area contributed by atoms with Gasteiger partial charge in [-0.05, 0) is 19.9 Å². The molecule has 0 spiro atoms. The summed E-state index contributed by atoms with van der Waals surface area (Å²) in [5, 5.41) is 54.1. The van der Waals surface area contributed by atoms with Crippen molar-refractivity contribution in [3.05, 3.63) is 51.6 Å². The van der Waals surface area contributed by atoms with Gasteiger partial charge in [-0.2, -0.15) is 0 Å². The molecule has 6 atom stereocenters. The number of aliphatic hydroxyl groups is 2. The van der Waals surface area contributed by atoms with E-state index in [2.05, 4.69) is 0 Å². The van der Waals surface area contributed by atoms with E-state index in [0.29, 0.717) is 0 Å². The zero-order valence-electron chi connectivity index (χ0n) is 20.1. The third kappa shape index (κ3) is 3.73. The van der Waals surface area contributed by atoms with Gasteiger partial charge in [0.1, 0.15) is 22.8 Å². The number of carbonyl (C=O) groups excluding carboxylic acids is 3. The van der Waals surface area contributed by atoms with Gasteiger partial charge in [-0.1, -0.05) is 12.1 Å². The highest BCUT2D eigenvalue weighted by molar-refractivity contribution is 6.31. The predicted molar refractivity (Wildman–Crippen MR) is 125 cm³/mol. The third-order valence-electron chi connectivity index (χ3n) is 7.59. The Morgan fingerprint density at radius 1 is 1.11 bits per heavy atom. The van der Waals surface area contributed by atoms with E-state index < -0.39 is 88.4 Å². The van der Waals surface area contributed by atoms with Crippen LogP contribution in [0.15, 0.2) is 18.2 Å². The quantitative estimate of drug-likeness (QED) is 0.270. The van der Waals surface area contributed by atoms with E-state index in [4.69, 9.17) is 15.2 Å². The first-order chi connectivity index (χ1) is 17.4. The minimum Gasteiger partial charge on any atom is -0.507 e. The molecule has 2 aromatic carbocycles. The van der Waals surface area contributed by atoms with Gasteiger partial charge in [-0.25, -0.2) is 0 Å². The predicted octanol–water partition coefficient (Wildman–Crippen LogP) is 0.726. The lowest BCUT2D eigenvalue weighted by molar-refractivity contribution is -0.247. The molecule has 1 saturated heterocycles. The standard InChI is InChI=1S/C26H27NO10/c1-9-21(30)13(27)6-16(36-9)37-15-8-26(35,10(2)28)7-12-18(15)25(34)20-19(23(12)32)22(31)11-4-3-5-14(29)17(11)24(20)33/h3-5,9,13,15-16,21,29-30,32,34-35H,6-8,27H2,1-2H3/t9-,13-,15-,16?,21-,26-/m0/s1. The third-order valence-corrected chi connectivity index (χ3v) is 7.59. The van der Waals surface area contributed by atoms with Gasteiger partial charge in [0.05, 0.1) is 35.0 Å². The van der Waals surface area contributed by atoms with E-state index >= 15 is 0 Å². The van der Waals surface area contributed by atoms with Gasteiger partial charge in [0.2, 0.25) is 5.78 Å². The average molecular weight is 513 g/mol. The van der Waals surface area contributed by atoms with Crippen molar-refractivity contribution in [2.24, 2.45) is 5.73 Å². The fraction of sp³-hybridized carbons (Fsp3) is 0.423. The topological polar surface area (TPSA) is 197 Å². The number of hydrogen-bond acceptors (Lipinski definition) is 11. The molecule has 1 aliphatic heterocycles. The van der Waals surface area contributed by atoms with Crippen LogP contribution in [-0.4, -0.2) is 73.0 Å². The number of carbonyl (C=O) groups is 3. The maximum atomic E-state index is 13.4. The second kappa shape index (κ2) is 8.61. The number of ether oxygens (including phenoxy) is 2. The maximum absolute atomic E-state index is 13.4. The summed E-state index contributed by atoms with van der Waals surface area (Å²) in [5.41, 5.74) is 2.29. The molecule has 0 amide bonds. The number of aliphatic hydroxyl groups excluding tert-OH is 1. The lowest BCUT2D eigenvalue weighted by atomic mass is 9.72. The normalized spacial score (nSPS) is 30.9. The Morgan fingerprint density at radius 2 is 1.78 bits per heavy atom. The van der Waals surface area contributed by atoms with Crippen LogP contribution in [0.5, 0.6) is 17.2 Å². The maximum Gasteiger partial charge on any atom is 0.202 e. The summed E-state index contributed by atoms with van der Waals surface area (Å²) in [5.74, 6) is -4.13. The lowest BCUT2D eigenvalue weighted by Crippen LogP contribution is -2.52. The highest BCUT2D eigenvalue weighted by Crippen LogP contribution is 2.52. The number of benzene rings is 2. The largest absolute Gasteiger partial charge is 0.507 e. The van der Waals surface area contributed by atoms with Gasteiger partial charge in [0.15, 0.2) is 17.9 Å². The monoisotopic (exact) mass is 513 g/mol. The van der Waals surface area contributed by atoms with Gasteiger partial charge >= 0.3 is 0 Å². The second-order valence-electron chi connectivity index (χ2n) is 9.95. The minimum atomic E-state index is -2.02. The number of hydrogen-bond donors (Lipinski definition) is 6. The van der Waals surface area contributed by atoms with E-state index in [9.17, 15) is 39.9 Å². The Bertz CT molecular complexity index is 1340. The van der Waals surface area contributed by atoms with Crippen molar-refractivity contribution in [2.45, 2.75) is 69.4 Å². The van der Waals surface area contributed by atoms with E-state index in [1.807, 2.05) is 0 Å². The summed E-state index contributed by atoms with van der Waals surface area (Å²) < 4.78 is 11.7. The van der Waals surface area contributed by atoms with Gasteiger partial charge < -0.3 is 40.7 Å². The summed E-state index contributed by atoms with van der Waals surface area (Å²) >= 11 is 0. The summed E-state index contributed by atoms with van der Waals surface area (Å²) in [6.07, 6.45) is -4.68. The summed E-state index contributed by atoms with van der Waals surface area (Å²) in [6.45, 7) is 2.76. The van der Waals surface area contributed by atoms with Crippen LogP contribution in [0.2, 0.25) is 0 Å². The second-order valence-corrected chi connectivity index (χ2v) is 9.95. The van der Waals surface area contributed by atoms with Crippen LogP contribution in [0.25, 0.3) is 0 Å². The first-order valence-corrected chi connectivity index (χ1v) is 11.9. The Balaban J connectivity index is 1.68. The van der Waals surface area contributed by atoms with Gasteiger partial charge in [0.25, 0.3) is 0 Å². The zero-order valence-corrected chi connectivity index (χ0v) is 20.1. The van der Waals surface area contributed by atoms with Crippen LogP contribution >= 0.6 is 0 Å². The Kier molecular flexibility index (Phi) is 5.89. The highest BCUT2D eigenvalue weighted by Gasteiger charge is 2.49. The molecule has 11 heteroatoms. The van der Waals surface area contributed by atoms with Gasteiger partial charge in [0, 0.05) is 42.0 Å². The van der Waals surface area contributed by atoms with E-state index in [1.165, 1.54) is 18.2 Å². The molecule has 196 valence electrons. The van der Waals surface area contributed by atoms with Crippen LogP contribution in [0.4, 0.5) is 0 Å². The summed E-state index contributed by atoms with van der Waals surface area (Å²) in [7, 11) is 0. The number of phenols is 3. The van der Waals surface area contributed by atoms with Gasteiger partial charge in [-0.3, -0.25) is 14.4 Å². The summed E-state index contributed by atoms with van der Waals surface area (Å²) in [4.78, 5) is 39.1. The van der Waals surface area contributed by atoms with Crippen molar-refractivity contribution in [2.75, 3.05) is 0 Å². The number of ketones is 3. The average Bonchev–Trinajstić information content (AvgIpc) is 2.82. The molecular formula is C26H27NO10. The van der Waals surface area contributed by atoms with E-state index in [1.54, 1.807) is 6.92 Å². The molecule has 7 N–H and O–H groups in total. The van der Waals surface area contributed by atoms with Crippen LogP contribution in [-0.2, 0) is 20.7 Å². The molecule has 11 nitrogen and oxygen atoms in total. The summed E-state index contributed by atoms with van der Waals surface area (Å²) in [6, 6.07) is 3.20. The number of phenolic OH excluding ortho intramolecular Hbond substituents is 3. The van der Waals surface area contributed by atoms with Crippen molar-refractivity contribution in [1.82, 2.24) is 0 Å². The van der Waals surface area contributed by atoms with E-state index in [-0.39, 0.29) is 35.1 Å². The Labute approximate surface area is 211 Å². The van der Waals surface area contributed by atoms with Crippen LogP contribution in [0, 0.1) is 0 Å². The van der Waals surface area contributed by atoms with Crippen LogP contribution < -0.4 is 5.73 Å². The van der Waals surface area contributed by atoms with Crippen molar-refractivity contribution < 1.29 is 49.4 Å².